The number of nitrogens with two attached hydrogens (primary N) is 1. The lowest BCUT2D eigenvalue weighted by Gasteiger charge is -2.39. The van der Waals surface area contributed by atoms with Gasteiger partial charge in [0, 0.05) is 37.6 Å². The lowest BCUT2D eigenvalue weighted by molar-refractivity contribution is -0.0372. The zero-order valence-electron chi connectivity index (χ0n) is 19.4. The molecule has 1 aliphatic rings. The van der Waals surface area contributed by atoms with Crippen LogP contribution in [0.3, 0.4) is 0 Å². The molecule has 1 aliphatic heterocycles. The van der Waals surface area contributed by atoms with E-state index < -0.39 is 6.03 Å². The molecule has 3 N–H and O–H groups in total. The van der Waals surface area contributed by atoms with Crippen molar-refractivity contribution in [3.63, 3.8) is 0 Å². The van der Waals surface area contributed by atoms with Gasteiger partial charge in [0.25, 0.3) is 0 Å². The number of halogens is 1. The summed E-state index contributed by atoms with van der Waals surface area (Å²) in [6.45, 7) is 4.51. The van der Waals surface area contributed by atoms with Crippen LogP contribution in [0.25, 0.3) is 0 Å². The van der Waals surface area contributed by atoms with Crippen LogP contribution in [-0.4, -0.2) is 58.8 Å². The predicted octanol–water partition coefficient (Wildman–Crippen LogP) is 4.99. The summed E-state index contributed by atoms with van der Waals surface area (Å²) < 4.78 is 5.86. The van der Waals surface area contributed by atoms with E-state index in [0.717, 1.165) is 43.5 Å². The van der Waals surface area contributed by atoms with Crippen LogP contribution in [-0.2, 0) is 6.54 Å². The minimum absolute atomic E-state index is 0. The van der Waals surface area contributed by atoms with Crippen molar-refractivity contribution in [1.29, 1.82) is 0 Å². The molecule has 7 nitrogen and oxygen atoms in total. The van der Waals surface area contributed by atoms with E-state index in [2.05, 4.69) is 58.0 Å². The number of hydrogen-bond donors (Lipinski definition) is 2. The van der Waals surface area contributed by atoms with Gasteiger partial charge in [-0.15, -0.1) is 0 Å². The number of amides is 2. The first-order valence-electron chi connectivity index (χ1n) is 11.6. The van der Waals surface area contributed by atoms with Gasteiger partial charge in [0.15, 0.2) is 5.76 Å². The highest BCUT2D eigenvalue weighted by Crippen LogP contribution is 2.30. The molecule has 0 radical (unpaired) electrons. The summed E-state index contributed by atoms with van der Waals surface area (Å²) in [7, 11) is 0. The van der Waals surface area contributed by atoms with E-state index in [4.69, 9.17) is 21.8 Å². The van der Waals surface area contributed by atoms with Gasteiger partial charge in [-0.25, -0.2) is 9.86 Å². The van der Waals surface area contributed by atoms with E-state index in [-0.39, 0.29) is 20.0 Å². The summed E-state index contributed by atoms with van der Waals surface area (Å²) in [5.41, 5.74) is 7.48. The number of furan rings is 1. The van der Waals surface area contributed by atoms with Crippen LogP contribution in [0.2, 0.25) is 5.02 Å². The van der Waals surface area contributed by atoms with E-state index in [1.807, 2.05) is 30.3 Å². The van der Waals surface area contributed by atoms with Gasteiger partial charge < -0.3 is 10.2 Å². The fourth-order valence-electron chi connectivity index (χ4n) is 4.25. The number of hydrogen-bond acceptors (Lipinski definition) is 5. The van der Waals surface area contributed by atoms with Crippen molar-refractivity contribution in [2.24, 2.45) is 5.73 Å². The molecule has 0 saturated carbocycles. The average molecular weight is 509 g/mol. The molecule has 1 saturated heterocycles. The number of primary amides is 1. The molecule has 2 aromatic carbocycles. The molecule has 8 heteroatoms. The minimum Gasteiger partial charge on any atom is -0.451 e. The lowest BCUT2D eigenvalue weighted by Crippen LogP contribution is -2.47. The van der Waals surface area contributed by atoms with Crippen LogP contribution in [0, 0.1) is 11.8 Å². The number of hydroxylamine groups is 2. The number of piperazine rings is 1. The Morgan fingerprint density at radius 2 is 1.69 bits per heavy atom. The van der Waals surface area contributed by atoms with Crippen molar-refractivity contribution in [2.45, 2.75) is 26.4 Å². The zero-order chi connectivity index (χ0) is 24.6. The summed E-state index contributed by atoms with van der Waals surface area (Å²) in [6, 6.07) is 21.8. The maximum Gasteiger partial charge on any atom is 0.338 e. The first kappa shape index (κ1) is 27.3. The van der Waals surface area contributed by atoms with Crippen molar-refractivity contribution >= 4 is 17.6 Å². The Balaban J connectivity index is 0.00000361. The Hall–Kier alpha value is -3.28. The van der Waals surface area contributed by atoms with Gasteiger partial charge in [-0.05, 0) is 41.3 Å². The Morgan fingerprint density at radius 1 is 1.03 bits per heavy atom. The molecular weight excluding hydrogens is 476 g/mol. The molecule has 0 aliphatic carbocycles. The maximum atomic E-state index is 10.8. The van der Waals surface area contributed by atoms with Crippen molar-refractivity contribution in [3.05, 3.63) is 94.4 Å². The summed E-state index contributed by atoms with van der Waals surface area (Å²) in [4.78, 5) is 15.7. The van der Waals surface area contributed by atoms with Crippen molar-refractivity contribution in [2.75, 3.05) is 32.7 Å². The molecule has 0 spiro atoms. The molecule has 0 unspecified atom stereocenters. The van der Waals surface area contributed by atoms with E-state index >= 15 is 0 Å². The molecule has 2 amide bonds. The summed E-state index contributed by atoms with van der Waals surface area (Å²) >= 11 is 6.14. The van der Waals surface area contributed by atoms with E-state index in [9.17, 15) is 10.0 Å². The first-order valence-corrected chi connectivity index (χ1v) is 12.0. The first-order chi connectivity index (χ1) is 17.0. The number of nitrogens with zero attached hydrogens (tertiary/aromatic N) is 3. The van der Waals surface area contributed by atoms with Gasteiger partial charge >= 0.3 is 6.03 Å². The number of benzene rings is 2. The largest absolute Gasteiger partial charge is 0.451 e. The van der Waals surface area contributed by atoms with E-state index in [0.29, 0.717) is 17.2 Å². The second-order valence-corrected chi connectivity index (χ2v) is 8.89. The quantitative estimate of drug-likeness (QED) is 0.267. The molecule has 3 aromatic rings. The number of urea groups is 1. The van der Waals surface area contributed by atoms with Gasteiger partial charge in [0.1, 0.15) is 5.76 Å². The van der Waals surface area contributed by atoms with Crippen LogP contribution in [0.4, 0.5) is 4.79 Å². The van der Waals surface area contributed by atoms with E-state index in [1.54, 1.807) is 0 Å². The highest BCUT2D eigenvalue weighted by molar-refractivity contribution is 6.30. The van der Waals surface area contributed by atoms with Crippen molar-refractivity contribution < 1.29 is 14.4 Å². The Morgan fingerprint density at radius 3 is 2.36 bits per heavy atom. The third-order valence-electron chi connectivity index (χ3n) is 6.03. The average Bonchev–Trinajstić information content (AvgIpc) is 3.32. The van der Waals surface area contributed by atoms with Gasteiger partial charge in [0.2, 0.25) is 0 Å². The Bertz CT molecular complexity index is 1160. The Kier molecular flexibility index (Phi) is 9.97. The zero-order valence-corrected chi connectivity index (χ0v) is 20.2. The molecule has 4 rings (SSSR count). The number of rotatable bonds is 7. The van der Waals surface area contributed by atoms with Crippen LogP contribution in [0.15, 0.2) is 71.1 Å². The number of carbonyl (C=O) groups is 1. The predicted molar refractivity (Wildman–Crippen MR) is 142 cm³/mol. The third-order valence-corrected chi connectivity index (χ3v) is 6.28. The molecule has 0 bridgehead atoms. The molecule has 1 atom stereocenters. The lowest BCUT2D eigenvalue weighted by atomic mass is 9.96. The standard InChI is InChI=1S/C27H29ClN4O3.CH4/c28-23-11-9-22(10-12-23)26(21-6-2-1-3-7-21)31-18-16-30(17-19-31)20-25-14-13-24(35-25)8-4-5-15-32(34)27(29)33;/h1-3,6-7,9-14,26,34H,5,15-20H2,(H2,29,33);1H4/t26-;/m1./s1. The van der Waals surface area contributed by atoms with Crippen LogP contribution >= 0.6 is 11.6 Å². The normalized spacial score (nSPS) is 14.8. The summed E-state index contributed by atoms with van der Waals surface area (Å²) in [5, 5.41) is 10.4. The highest BCUT2D eigenvalue weighted by Gasteiger charge is 2.26. The molecule has 1 aromatic heterocycles. The van der Waals surface area contributed by atoms with Crippen LogP contribution < -0.4 is 5.73 Å². The smallest absolute Gasteiger partial charge is 0.338 e. The fourth-order valence-corrected chi connectivity index (χ4v) is 4.37. The van der Waals surface area contributed by atoms with Crippen molar-refractivity contribution in [1.82, 2.24) is 14.9 Å². The van der Waals surface area contributed by atoms with Crippen LogP contribution in [0.5, 0.6) is 0 Å². The van der Waals surface area contributed by atoms with Gasteiger partial charge in [-0.2, -0.15) is 0 Å². The molecule has 190 valence electrons. The van der Waals surface area contributed by atoms with Crippen LogP contribution in [0.1, 0.15) is 42.5 Å². The van der Waals surface area contributed by atoms with Crippen molar-refractivity contribution in [3.8, 4) is 11.8 Å². The maximum absolute atomic E-state index is 10.8. The summed E-state index contributed by atoms with van der Waals surface area (Å²) in [6.07, 6.45) is 0.299. The SMILES string of the molecule is C.NC(=O)N(O)CCC#Cc1ccc(CN2CCN([C@H](c3ccccc3)c3ccc(Cl)cc3)CC2)o1. The third kappa shape index (κ3) is 7.36. The second-order valence-electron chi connectivity index (χ2n) is 8.46. The molecule has 2 heterocycles. The topological polar surface area (TPSA) is 86.2 Å². The second kappa shape index (κ2) is 13.1. The molecule has 36 heavy (non-hydrogen) atoms. The number of carbonyl (C=O) groups excluding carboxylic acids is 1. The van der Waals surface area contributed by atoms with E-state index in [1.165, 1.54) is 11.1 Å². The highest BCUT2D eigenvalue weighted by atomic mass is 35.5. The Labute approximate surface area is 218 Å². The van der Waals surface area contributed by atoms with Gasteiger partial charge in [-0.1, -0.05) is 67.4 Å². The van der Waals surface area contributed by atoms with Gasteiger partial charge in [-0.3, -0.25) is 15.0 Å². The monoisotopic (exact) mass is 508 g/mol. The minimum atomic E-state index is -0.893. The summed E-state index contributed by atoms with van der Waals surface area (Å²) in [5.74, 6) is 7.22. The van der Waals surface area contributed by atoms with Gasteiger partial charge in [0.05, 0.1) is 19.1 Å². The molecular formula is C28H33ClN4O3. The fraction of sp³-hybridized carbons (Fsp3) is 0.321. The molecule has 1 fully saturated rings.